The fourth-order valence-electron chi connectivity index (χ4n) is 3.01. The van der Waals surface area contributed by atoms with E-state index in [1.807, 2.05) is 30.3 Å². The molecule has 1 aromatic carbocycles. The van der Waals surface area contributed by atoms with Gasteiger partial charge in [0.25, 0.3) is 5.91 Å². The average Bonchev–Trinajstić information content (AvgIpc) is 3.40. The van der Waals surface area contributed by atoms with Gasteiger partial charge in [-0.05, 0) is 30.7 Å². The minimum absolute atomic E-state index is 0.234. The first kappa shape index (κ1) is 18.3. The van der Waals surface area contributed by atoms with Gasteiger partial charge in [-0.25, -0.2) is 4.98 Å². The molecule has 0 fully saturated rings. The minimum atomic E-state index is -0.234. The summed E-state index contributed by atoms with van der Waals surface area (Å²) >= 11 is 1.43. The van der Waals surface area contributed by atoms with Crippen molar-refractivity contribution >= 4 is 33.3 Å². The Kier molecular flexibility index (Phi) is 5.43. The van der Waals surface area contributed by atoms with E-state index in [1.165, 1.54) is 17.8 Å². The number of hydrogen-bond acceptors (Lipinski definition) is 6. The number of benzene rings is 1. The quantitative estimate of drug-likeness (QED) is 0.430. The Bertz CT molecular complexity index is 1090. The summed E-state index contributed by atoms with van der Waals surface area (Å²) in [5.74, 6) is 0.386. The van der Waals surface area contributed by atoms with E-state index in [-0.39, 0.29) is 5.91 Å². The molecule has 1 amide bonds. The second-order valence-electron chi connectivity index (χ2n) is 6.46. The molecule has 0 bridgehead atoms. The van der Waals surface area contributed by atoms with Crippen LogP contribution in [0.4, 0.5) is 5.13 Å². The number of unbranched alkanes of at least 4 members (excludes halogenated alkanes) is 2. The van der Waals surface area contributed by atoms with Gasteiger partial charge in [0, 0.05) is 11.8 Å². The van der Waals surface area contributed by atoms with Gasteiger partial charge in [-0.2, -0.15) is 0 Å². The van der Waals surface area contributed by atoms with Gasteiger partial charge in [-0.15, -0.1) is 10.2 Å². The van der Waals surface area contributed by atoms with E-state index in [2.05, 4.69) is 27.4 Å². The number of nitrogens with zero attached hydrogens (tertiary/aromatic N) is 3. The van der Waals surface area contributed by atoms with Gasteiger partial charge in [0.2, 0.25) is 5.13 Å². The number of carbonyl (C=O) groups is 1. The fourth-order valence-corrected chi connectivity index (χ4v) is 3.79. The predicted molar refractivity (Wildman–Crippen MR) is 111 cm³/mol. The zero-order chi connectivity index (χ0) is 19.3. The molecule has 1 N–H and O–H groups in total. The summed E-state index contributed by atoms with van der Waals surface area (Å²) in [6, 6.07) is 12.9. The summed E-state index contributed by atoms with van der Waals surface area (Å²) in [6.45, 7) is 2.17. The number of carbonyl (C=O) groups excluding carboxylic acids is 1. The number of para-hydroxylation sites is 1. The Balaban J connectivity index is 1.62. The molecule has 0 aliphatic carbocycles. The van der Waals surface area contributed by atoms with Crippen molar-refractivity contribution in [3.05, 3.63) is 59.3 Å². The normalized spacial score (nSPS) is 11.0. The smallest absolute Gasteiger partial charge is 0.258 e. The molecule has 0 radical (unpaired) electrons. The van der Waals surface area contributed by atoms with Crippen molar-refractivity contribution in [1.29, 1.82) is 0 Å². The average molecular weight is 392 g/mol. The molecule has 7 heteroatoms. The largest absolute Gasteiger partial charge is 0.463 e. The van der Waals surface area contributed by atoms with Crippen molar-refractivity contribution < 1.29 is 9.21 Å². The number of aryl methyl sites for hydroxylation is 1. The summed E-state index contributed by atoms with van der Waals surface area (Å²) in [5, 5.41) is 13.4. The van der Waals surface area contributed by atoms with Crippen LogP contribution in [0.5, 0.6) is 0 Å². The first-order valence-electron chi connectivity index (χ1n) is 9.32. The third-order valence-corrected chi connectivity index (χ3v) is 5.31. The fraction of sp³-hybridized carbons (Fsp3) is 0.238. The molecule has 0 saturated heterocycles. The Morgan fingerprint density at radius 1 is 1.14 bits per heavy atom. The molecule has 0 unspecified atom stereocenters. The van der Waals surface area contributed by atoms with Crippen molar-refractivity contribution in [2.75, 3.05) is 5.32 Å². The van der Waals surface area contributed by atoms with E-state index in [1.54, 1.807) is 18.4 Å². The lowest BCUT2D eigenvalue weighted by Crippen LogP contribution is -2.13. The zero-order valence-electron chi connectivity index (χ0n) is 15.5. The molecule has 0 saturated carbocycles. The highest BCUT2D eigenvalue weighted by atomic mass is 32.1. The van der Waals surface area contributed by atoms with Gasteiger partial charge in [0.1, 0.15) is 10.7 Å². The molecule has 0 spiro atoms. The summed E-state index contributed by atoms with van der Waals surface area (Å²) in [4.78, 5) is 17.6. The van der Waals surface area contributed by atoms with Gasteiger partial charge in [0.15, 0.2) is 5.76 Å². The highest BCUT2D eigenvalue weighted by molar-refractivity contribution is 7.15. The summed E-state index contributed by atoms with van der Waals surface area (Å²) < 4.78 is 5.46. The number of furan rings is 1. The third-order valence-electron chi connectivity index (χ3n) is 4.42. The summed E-state index contributed by atoms with van der Waals surface area (Å²) in [7, 11) is 0. The first-order chi connectivity index (χ1) is 13.7. The van der Waals surface area contributed by atoms with Crippen LogP contribution in [0.15, 0.2) is 53.1 Å². The van der Waals surface area contributed by atoms with Crippen LogP contribution in [0.3, 0.4) is 0 Å². The van der Waals surface area contributed by atoms with Crippen molar-refractivity contribution in [2.24, 2.45) is 0 Å². The van der Waals surface area contributed by atoms with E-state index in [9.17, 15) is 4.79 Å². The van der Waals surface area contributed by atoms with E-state index >= 15 is 0 Å². The van der Waals surface area contributed by atoms with Gasteiger partial charge >= 0.3 is 0 Å². The molecular formula is C21H20N4O2S. The molecule has 4 aromatic rings. The summed E-state index contributed by atoms with van der Waals surface area (Å²) in [6.07, 6.45) is 5.89. The number of nitrogens with one attached hydrogen (secondary N) is 1. The second kappa shape index (κ2) is 8.31. The molecule has 4 rings (SSSR count). The molecule has 0 atom stereocenters. The van der Waals surface area contributed by atoms with E-state index < -0.39 is 0 Å². The van der Waals surface area contributed by atoms with Crippen molar-refractivity contribution in [3.8, 4) is 11.5 Å². The van der Waals surface area contributed by atoms with Gasteiger partial charge in [-0.3, -0.25) is 10.1 Å². The van der Waals surface area contributed by atoms with Crippen LogP contribution in [0.1, 0.15) is 41.6 Å². The zero-order valence-corrected chi connectivity index (χ0v) is 16.3. The third kappa shape index (κ3) is 3.94. The Hall–Kier alpha value is -3.06. The molecule has 28 heavy (non-hydrogen) atoms. The molecule has 6 nitrogen and oxygen atoms in total. The SMILES string of the molecule is CCCCCc1nnc(NC(=O)c2cc(-c3ccco3)nc3ccccc23)s1. The maximum atomic E-state index is 13.0. The van der Waals surface area contributed by atoms with Gasteiger partial charge in [0.05, 0.1) is 17.3 Å². The Labute approximate surface area is 166 Å². The van der Waals surface area contributed by atoms with Crippen LogP contribution in [0.25, 0.3) is 22.4 Å². The molecule has 3 aromatic heterocycles. The molecular weight excluding hydrogens is 372 g/mol. The lowest BCUT2D eigenvalue weighted by molar-refractivity contribution is 0.102. The van der Waals surface area contributed by atoms with E-state index in [0.29, 0.717) is 22.1 Å². The Morgan fingerprint density at radius 2 is 2.04 bits per heavy atom. The van der Waals surface area contributed by atoms with Crippen LogP contribution in [-0.4, -0.2) is 21.1 Å². The van der Waals surface area contributed by atoms with Crippen LogP contribution >= 0.6 is 11.3 Å². The molecule has 142 valence electrons. The maximum Gasteiger partial charge on any atom is 0.258 e. The first-order valence-corrected chi connectivity index (χ1v) is 10.1. The van der Waals surface area contributed by atoms with E-state index in [4.69, 9.17) is 4.42 Å². The minimum Gasteiger partial charge on any atom is -0.463 e. The van der Waals surface area contributed by atoms with Crippen LogP contribution < -0.4 is 5.32 Å². The summed E-state index contributed by atoms with van der Waals surface area (Å²) in [5.41, 5.74) is 1.88. The predicted octanol–water partition coefficient (Wildman–Crippen LogP) is 5.33. The van der Waals surface area contributed by atoms with Crippen LogP contribution in [0, 0.1) is 0 Å². The van der Waals surface area contributed by atoms with Crippen LogP contribution in [-0.2, 0) is 6.42 Å². The van der Waals surface area contributed by atoms with Crippen molar-refractivity contribution in [3.63, 3.8) is 0 Å². The topological polar surface area (TPSA) is 80.9 Å². The van der Waals surface area contributed by atoms with Gasteiger partial charge in [-0.1, -0.05) is 49.3 Å². The number of fused-ring (bicyclic) bond motifs is 1. The number of rotatable bonds is 7. The number of aromatic nitrogens is 3. The number of anilines is 1. The van der Waals surface area contributed by atoms with E-state index in [0.717, 1.165) is 35.2 Å². The monoisotopic (exact) mass is 392 g/mol. The van der Waals surface area contributed by atoms with Crippen LogP contribution in [0.2, 0.25) is 0 Å². The van der Waals surface area contributed by atoms with Gasteiger partial charge < -0.3 is 4.42 Å². The molecule has 0 aliphatic rings. The number of pyridine rings is 1. The highest BCUT2D eigenvalue weighted by Gasteiger charge is 2.16. The number of hydrogen-bond donors (Lipinski definition) is 1. The Morgan fingerprint density at radius 3 is 2.86 bits per heavy atom. The number of amides is 1. The second-order valence-corrected chi connectivity index (χ2v) is 7.52. The lowest BCUT2D eigenvalue weighted by atomic mass is 10.1. The maximum absolute atomic E-state index is 13.0. The molecule has 0 aliphatic heterocycles. The highest BCUT2D eigenvalue weighted by Crippen LogP contribution is 2.26. The molecule has 3 heterocycles. The standard InChI is InChI=1S/C21H20N4O2S/c1-2-3-4-11-19-24-25-21(28-19)23-20(26)15-13-17(18-10-7-12-27-18)22-16-9-6-5-8-14(15)16/h5-10,12-13H,2-4,11H2,1H3,(H,23,25,26). The van der Waals surface area contributed by atoms with Crippen molar-refractivity contribution in [2.45, 2.75) is 32.6 Å². The lowest BCUT2D eigenvalue weighted by Gasteiger charge is -2.08. The van der Waals surface area contributed by atoms with Crippen molar-refractivity contribution in [1.82, 2.24) is 15.2 Å².